The Morgan fingerprint density at radius 1 is 1.39 bits per heavy atom. The first-order valence-corrected chi connectivity index (χ1v) is 6.53. The van der Waals surface area contributed by atoms with Gasteiger partial charge in [-0.15, -0.1) is 5.10 Å². The first kappa shape index (κ1) is 11.6. The quantitative estimate of drug-likeness (QED) is 0.802. The molecule has 6 nitrogen and oxygen atoms in total. The van der Waals surface area contributed by atoms with Gasteiger partial charge in [0.15, 0.2) is 11.5 Å². The summed E-state index contributed by atoms with van der Waals surface area (Å²) < 4.78 is 12.2. The Morgan fingerprint density at radius 2 is 2.17 bits per heavy atom. The number of nitrogens with zero attached hydrogens (tertiary/aromatic N) is 4. The molecule has 1 aliphatic heterocycles. The lowest BCUT2D eigenvalue weighted by Crippen LogP contribution is -1.94. The van der Waals surface area contributed by atoms with Crippen LogP contribution in [0, 0.1) is 0 Å². The minimum atomic E-state index is 0.246. The minimum Gasteiger partial charge on any atom is -0.454 e. The van der Waals surface area contributed by atoms with Gasteiger partial charge in [0.2, 0.25) is 11.9 Å². The molecule has 3 rings (SSSR count). The zero-order chi connectivity index (χ0) is 12.5. The Kier molecular flexibility index (Phi) is 3.00. The molecule has 0 atom stereocenters. The number of thioether (sulfide) groups is 1. The fourth-order valence-electron chi connectivity index (χ4n) is 1.56. The van der Waals surface area contributed by atoms with Gasteiger partial charge in [0.25, 0.3) is 0 Å². The lowest BCUT2D eigenvalue weighted by Gasteiger charge is -2.05. The maximum Gasteiger partial charge on any atom is 0.231 e. The van der Waals surface area contributed by atoms with Gasteiger partial charge in [-0.25, -0.2) is 4.68 Å². The maximum absolute atomic E-state index is 6.18. The van der Waals surface area contributed by atoms with E-state index in [4.69, 9.17) is 21.1 Å². The summed E-state index contributed by atoms with van der Waals surface area (Å²) in [5.74, 6) is 2.09. The molecule has 94 valence electrons. The molecule has 0 bridgehead atoms. The molecular weight excluding hydrogens is 276 g/mol. The van der Waals surface area contributed by atoms with E-state index in [-0.39, 0.29) is 6.79 Å². The predicted molar refractivity (Wildman–Crippen MR) is 65.9 cm³/mol. The Labute approximate surface area is 112 Å². The van der Waals surface area contributed by atoms with Crippen molar-refractivity contribution in [1.82, 2.24) is 20.2 Å². The molecule has 8 heteroatoms. The summed E-state index contributed by atoms with van der Waals surface area (Å²) in [6.07, 6.45) is 0. The Hall–Kier alpha value is -1.47. The number of fused-ring (bicyclic) bond motifs is 1. The number of ether oxygens (including phenoxy) is 2. The lowest BCUT2D eigenvalue weighted by atomic mass is 10.2. The van der Waals surface area contributed by atoms with Crippen LogP contribution in [0.1, 0.15) is 5.56 Å². The standard InChI is InChI=1S/C10H9ClN4O2S/c1-15-10(12-13-14-15)18-4-6-2-8-9(3-7(6)11)17-5-16-8/h2-3H,4-5H2,1H3. The summed E-state index contributed by atoms with van der Waals surface area (Å²) in [6, 6.07) is 3.66. The largest absolute Gasteiger partial charge is 0.454 e. The molecule has 2 heterocycles. The van der Waals surface area contributed by atoms with Crippen molar-refractivity contribution in [3.8, 4) is 11.5 Å². The highest BCUT2D eigenvalue weighted by atomic mass is 35.5. The molecule has 1 aromatic heterocycles. The van der Waals surface area contributed by atoms with Crippen LogP contribution in [-0.2, 0) is 12.8 Å². The molecule has 1 aliphatic rings. The van der Waals surface area contributed by atoms with E-state index >= 15 is 0 Å². The first-order chi connectivity index (χ1) is 8.74. The van der Waals surface area contributed by atoms with Crippen LogP contribution in [0.5, 0.6) is 11.5 Å². The van der Waals surface area contributed by atoms with E-state index in [1.807, 2.05) is 6.07 Å². The third-order valence-electron chi connectivity index (χ3n) is 2.48. The molecule has 0 radical (unpaired) electrons. The maximum atomic E-state index is 6.18. The molecule has 1 aromatic carbocycles. The average molecular weight is 285 g/mol. The van der Waals surface area contributed by atoms with Gasteiger partial charge in [-0.2, -0.15) is 0 Å². The van der Waals surface area contributed by atoms with Gasteiger partial charge in [0, 0.05) is 23.9 Å². The van der Waals surface area contributed by atoms with E-state index in [2.05, 4.69) is 15.5 Å². The van der Waals surface area contributed by atoms with Crippen molar-refractivity contribution in [3.63, 3.8) is 0 Å². The highest BCUT2D eigenvalue weighted by Crippen LogP contribution is 2.38. The molecule has 0 saturated heterocycles. The highest BCUT2D eigenvalue weighted by molar-refractivity contribution is 7.98. The van der Waals surface area contributed by atoms with Gasteiger partial charge < -0.3 is 9.47 Å². The van der Waals surface area contributed by atoms with Gasteiger partial charge in [-0.1, -0.05) is 23.4 Å². The van der Waals surface area contributed by atoms with Crippen molar-refractivity contribution in [1.29, 1.82) is 0 Å². The minimum absolute atomic E-state index is 0.246. The molecule has 2 aromatic rings. The summed E-state index contributed by atoms with van der Waals surface area (Å²) >= 11 is 7.69. The second-order valence-electron chi connectivity index (χ2n) is 3.67. The molecule has 0 amide bonds. The molecule has 0 aliphatic carbocycles. The number of tetrazole rings is 1. The molecule has 0 fully saturated rings. The number of aromatic nitrogens is 4. The van der Waals surface area contributed by atoms with Gasteiger partial charge >= 0.3 is 0 Å². The van der Waals surface area contributed by atoms with E-state index in [9.17, 15) is 0 Å². The highest BCUT2D eigenvalue weighted by Gasteiger charge is 2.17. The summed E-state index contributed by atoms with van der Waals surface area (Å²) in [5, 5.41) is 12.6. The van der Waals surface area contributed by atoms with E-state index in [1.165, 1.54) is 11.8 Å². The number of aryl methyl sites for hydroxylation is 1. The van der Waals surface area contributed by atoms with Crippen molar-refractivity contribution in [2.24, 2.45) is 7.05 Å². The number of hydrogen-bond acceptors (Lipinski definition) is 6. The van der Waals surface area contributed by atoms with E-state index < -0.39 is 0 Å². The Balaban J connectivity index is 1.79. The van der Waals surface area contributed by atoms with Crippen LogP contribution in [0.15, 0.2) is 17.3 Å². The predicted octanol–water partition coefficient (Wildman–Crippen LogP) is 1.88. The van der Waals surface area contributed by atoms with Crippen LogP contribution in [0.3, 0.4) is 0 Å². The molecule has 0 N–H and O–H groups in total. The monoisotopic (exact) mass is 284 g/mol. The van der Waals surface area contributed by atoms with Gasteiger partial charge in [-0.05, 0) is 22.1 Å². The second-order valence-corrected chi connectivity index (χ2v) is 5.02. The molecule has 0 spiro atoms. The fourth-order valence-corrected chi connectivity index (χ4v) is 2.70. The average Bonchev–Trinajstić information content (AvgIpc) is 2.95. The Morgan fingerprint density at radius 3 is 2.89 bits per heavy atom. The van der Waals surface area contributed by atoms with Crippen LogP contribution in [0.2, 0.25) is 5.02 Å². The molecule has 0 saturated carbocycles. The zero-order valence-corrected chi connectivity index (χ0v) is 11.0. The van der Waals surface area contributed by atoms with Gasteiger partial charge in [0.1, 0.15) is 0 Å². The molecule has 0 unspecified atom stereocenters. The lowest BCUT2D eigenvalue weighted by molar-refractivity contribution is 0.174. The van der Waals surface area contributed by atoms with Crippen molar-refractivity contribution >= 4 is 23.4 Å². The summed E-state index contributed by atoms with van der Waals surface area (Å²) in [6.45, 7) is 0.246. The Bertz CT molecular complexity index is 589. The SMILES string of the molecule is Cn1nnnc1SCc1cc2c(cc1Cl)OCO2. The second kappa shape index (κ2) is 4.66. The van der Waals surface area contributed by atoms with Crippen LogP contribution >= 0.6 is 23.4 Å². The summed E-state index contributed by atoms with van der Waals surface area (Å²) in [7, 11) is 1.80. The fraction of sp³-hybridized carbons (Fsp3) is 0.300. The third kappa shape index (κ3) is 2.11. The summed E-state index contributed by atoms with van der Waals surface area (Å²) in [5.41, 5.74) is 0.967. The number of benzene rings is 1. The van der Waals surface area contributed by atoms with Crippen LogP contribution < -0.4 is 9.47 Å². The van der Waals surface area contributed by atoms with E-state index in [0.29, 0.717) is 16.5 Å². The zero-order valence-electron chi connectivity index (χ0n) is 9.46. The van der Waals surface area contributed by atoms with Crippen molar-refractivity contribution < 1.29 is 9.47 Å². The third-order valence-corrected chi connectivity index (χ3v) is 3.89. The van der Waals surface area contributed by atoms with Gasteiger partial charge in [-0.3, -0.25) is 0 Å². The van der Waals surface area contributed by atoms with E-state index in [0.717, 1.165) is 16.5 Å². The normalized spacial score (nSPS) is 13.0. The molecular formula is C10H9ClN4O2S. The number of hydrogen-bond donors (Lipinski definition) is 0. The van der Waals surface area contributed by atoms with Gasteiger partial charge in [0.05, 0.1) is 0 Å². The van der Waals surface area contributed by atoms with Crippen molar-refractivity contribution in [2.45, 2.75) is 10.9 Å². The van der Waals surface area contributed by atoms with Crippen LogP contribution in [0.25, 0.3) is 0 Å². The van der Waals surface area contributed by atoms with E-state index in [1.54, 1.807) is 17.8 Å². The number of halogens is 1. The van der Waals surface area contributed by atoms with Crippen LogP contribution in [-0.4, -0.2) is 27.0 Å². The van der Waals surface area contributed by atoms with Crippen LogP contribution in [0.4, 0.5) is 0 Å². The summed E-state index contributed by atoms with van der Waals surface area (Å²) in [4.78, 5) is 0. The molecule has 18 heavy (non-hydrogen) atoms. The smallest absolute Gasteiger partial charge is 0.231 e. The van der Waals surface area contributed by atoms with Crippen molar-refractivity contribution in [2.75, 3.05) is 6.79 Å². The topological polar surface area (TPSA) is 62.1 Å². The number of rotatable bonds is 3. The first-order valence-electron chi connectivity index (χ1n) is 5.17. The van der Waals surface area contributed by atoms with Crippen molar-refractivity contribution in [3.05, 3.63) is 22.7 Å².